The number of alkyl halides is 3. The van der Waals surface area contributed by atoms with Gasteiger partial charge in [0.25, 0.3) is 5.91 Å². The van der Waals surface area contributed by atoms with Crippen LogP contribution in [-0.4, -0.2) is 23.5 Å². The second kappa shape index (κ2) is 11.7. The Morgan fingerprint density at radius 3 is 1.92 bits per heavy atom. The molecule has 0 heterocycles. The molecule has 0 radical (unpaired) electrons. The lowest BCUT2D eigenvalue weighted by Gasteiger charge is -2.23. The van der Waals surface area contributed by atoms with Crippen LogP contribution in [0.1, 0.15) is 54.2 Å². The lowest BCUT2D eigenvalue weighted by atomic mass is 9.95. The molecule has 0 spiro atoms. The Hall–Kier alpha value is -3.81. The summed E-state index contributed by atoms with van der Waals surface area (Å²) in [5.41, 5.74) is 3.15. The van der Waals surface area contributed by atoms with Crippen LogP contribution in [0.25, 0.3) is 11.1 Å². The number of halogens is 3. The smallest absolute Gasteiger partial charge is 0.416 e. The number of hydrogen-bond acceptors (Lipinski definition) is 3. The number of carboxylic acid groups (broad SMARTS) is 1. The molecule has 5 nitrogen and oxygen atoms in total. The van der Waals surface area contributed by atoms with E-state index in [9.17, 15) is 22.8 Å². The highest BCUT2D eigenvalue weighted by molar-refractivity contribution is 5.94. The molecular weight excluding hydrogens is 469 g/mol. The number of aliphatic carboxylic acids is 1. The zero-order valence-electron chi connectivity index (χ0n) is 20.1. The molecule has 190 valence electrons. The van der Waals surface area contributed by atoms with Gasteiger partial charge in [-0.25, -0.2) is 0 Å². The second-order valence-electron chi connectivity index (χ2n) is 9.00. The van der Waals surface area contributed by atoms with E-state index in [2.05, 4.69) is 24.5 Å². The van der Waals surface area contributed by atoms with Crippen LogP contribution in [0.5, 0.6) is 0 Å². The van der Waals surface area contributed by atoms with E-state index in [1.807, 2.05) is 36.4 Å². The minimum Gasteiger partial charge on any atom is -0.481 e. The van der Waals surface area contributed by atoms with Gasteiger partial charge < -0.3 is 15.7 Å². The van der Waals surface area contributed by atoms with Crippen LogP contribution < -0.4 is 10.6 Å². The first-order valence-corrected chi connectivity index (χ1v) is 11.7. The molecule has 0 saturated heterocycles. The molecule has 0 saturated carbocycles. The molecule has 0 bridgehead atoms. The van der Waals surface area contributed by atoms with Gasteiger partial charge in [0.2, 0.25) is 0 Å². The molecule has 0 aromatic heterocycles. The number of anilines is 1. The summed E-state index contributed by atoms with van der Waals surface area (Å²) in [5.74, 6) is -0.899. The number of carbonyl (C=O) groups is 2. The topological polar surface area (TPSA) is 78.4 Å². The van der Waals surface area contributed by atoms with E-state index in [0.717, 1.165) is 35.4 Å². The Bertz CT molecular complexity index is 1160. The number of benzene rings is 3. The van der Waals surface area contributed by atoms with E-state index in [4.69, 9.17) is 5.11 Å². The molecule has 0 aliphatic heterocycles. The van der Waals surface area contributed by atoms with Crippen molar-refractivity contribution in [3.8, 4) is 11.1 Å². The van der Waals surface area contributed by atoms with Gasteiger partial charge in [-0.15, -0.1) is 0 Å². The number of rotatable bonds is 10. The van der Waals surface area contributed by atoms with Gasteiger partial charge in [-0.05, 0) is 65.4 Å². The molecule has 1 unspecified atom stereocenters. The quantitative estimate of drug-likeness (QED) is 0.288. The van der Waals surface area contributed by atoms with Crippen LogP contribution in [0.15, 0.2) is 72.8 Å². The van der Waals surface area contributed by atoms with E-state index in [1.54, 1.807) is 12.1 Å². The van der Waals surface area contributed by atoms with Gasteiger partial charge >= 0.3 is 12.1 Å². The number of carbonyl (C=O) groups excluding carboxylic acids is 1. The van der Waals surface area contributed by atoms with Crippen molar-refractivity contribution in [2.24, 2.45) is 5.92 Å². The normalized spacial score (nSPS) is 12.3. The Morgan fingerprint density at radius 2 is 1.42 bits per heavy atom. The molecule has 3 aromatic carbocycles. The predicted octanol–water partition coefficient (Wildman–Crippen LogP) is 6.78. The average molecular weight is 499 g/mol. The van der Waals surface area contributed by atoms with Crippen LogP contribution in [0.4, 0.5) is 18.9 Å². The summed E-state index contributed by atoms with van der Waals surface area (Å²) >= 11 is 0. The predicted molar refractivity (Wildman–Crippen MR) is 134 cm³/mol. The maximum absolute atomic E-state index is 12.8. The molecule has 0 aliphatic rings. The monoisotopic (exact) mass is 498 g/mol. The van der Waals surface area contributed by atoms with Gasteiger partial charge in [0, 0.05) is 17.8 Å². The van der Waals surface area contributed by atoms with Crippen LogP contribution >= 0.6 is 0 Å². The molecule has 0 fully saturated rings. The minimum atomic E-state index is -4.36. The Balaban J connectivity index is 1.70. The van der Waals surface area contributed by atoms with Gasteiger partial charge in [-0.3, -0.25) is 9.59 Å². The van der Waals surface area contributed by atoms with Gasteiger partial charge in [0.15, 0.2) is 0 Å². The SMILES string of the molecule is CC(C)CC(Nc1ccc(-c2ccc(C(F)(F)F)cc2)cc1)c1ccc(C(=O)NCCC(=O)O)cc1. The molecule has 1 atom stereocenters. The van der Waals surface area contributed by atoms with Crippen molar-refractivity contribution in [3.05, 3.63) is 89.5 Å². The van der Waals surface area contributed by atoms with Crippen molar-refractivity contribution in [1.82, 2.24) is 5.32 Å². The summed E-state index contributed by atoms with van der Waals surface area (Å²) < 4.78 is 38.4. The van der Waals surface area contributed by atoms with Crippen LogP contribution in [0, 0.1) is 5.92 Å². The summed E-state index contributed by atoms with van der Waals surface area (Å²) in [5, 5.41) is 14.8. The van der Waals surface area contributed by atoms with Crippen LogP contribution in [0.3, 0.4) is 0 Å². The summed E-state index contributed by atoms with van der Waals surface area (Å²) in [6.07, 6.45) is -3.66. The van der Waals surface area contributed by atoms with E-state index in [0.29, 0.717) is 17.0 Å². The highest BCUT2D eigenvalue weighted by atomic mass is 19.4. The molecule has 3 rings (SSSR count). The van der Waals surface area contributed by atoms with Crippen molar-refractivity contribution in [1.29, 1.82) is 0 Å². The van der Waals surface area contributed by atoms with E-state index >= 15 is 0 Å². The molecule has 8 heteroatoms. The first-order valence-electron chi connectivity index (χ1n) is 11.7. The maximum Gasteiger partial charge on any atom is 0.416 e. The third kappa shape index (κ3) is 7.60. The number of carboxylic acids is 1. The Morgan fingerprint density at radius 1 is 0.861 bits per heavy atom. The molecule has 3 aromatic rings. The van der Waals surface area contributed by atoms with Gasteiger partial charge in [0.05, 0.1) is 18.0 Å². The Labute approximate surface area is 208 Å². The van der Waals surface area contributed by atoms with Crippen molar-refractivity contribution >= 4 is 17.6 Å². The number of hydrogen-bond donors (Lipinski definition) is 3. The second-order valence-corrected chi connectivity index (χ2v) is 9.00. The number of amides is 1. The number of nitrogens with one attached hydrogen (secondary N) is 2. The average Bonchev–Trinajstić information content (AvgIpc) is 2.83. The van der Waals surface area contributed by atoms with E-state index in [1.165, 1.54) is 12.1 Å². The summed E-state index contributed by atoms with van der Waals surface area (Å²) in [6.45, 7) is 4.30. The first kappa shape index (κ1) is 26.8. The van der Waals surface area contributed by atoms with E-state index < -0.39 is 17.7 Å². The zero-order valence-corrected chi connectivity index (χ0v) is 20.1. The van der Waals surface area contributed by atoms with Crippen molar-refractivity contribution in [3.63, 3.8) is 0 Å². The summed E-state index contributed by atoms with van der Waals surface area (Å²) in [4.78, 5) is 22.8. The van der Waals surface area contributed by atoms with E-state index in [-0.39, 0.29) is 24.9 Å². The summed E-state index contributed by atoms with van der Waals surface area (Å²) in [6, 6.07) is 19.8. The molecule has 0 aliphatic carbocycles. The lowest BCUT2D eigenvalue weighted by Crippen LogP contribution is -2.26. The van der Waals surface area contributed by atoms with Crippen molar-refractivity contribution < 1.29 is 27.9 Å². The summed E-state index contributed by atoms with van der Waals surface area (Å²) in [7, 11) is 0. The first-order chi connectivity index (χ1) is 17.0. The van der Waals surface area contributed by atoms with Crippen LogP contribution in [0.2, 0.25) is 0 Å². The molecule has 1 amide bonds. The van der Waals surface area contributed by atoms with Crippen molar-refractivity contribution in [2.45, 2.75) is 38.9 Å². The van der Waals surface area contributed by atoms with Gasteiger partial charge in [-0.1, -0.05) is 50.2 Å². The maximum atomic E-state index is 12.8. The third-order valence-electron chi connectivity index (χ3n) is 5.68. The highest BCUT2D eigenvalue weighted by Gasteiger charge is 2.30. The standard InChI is InChI=1S/C28H29F3N2O3/c1-18(2)17-25(21-3-5-22(6-4-21)27(36)32-16-15-26(34)35)33-24-13-9-20(10-14-24)19-7-11-23(12-8-19)28(29,30)31/h3-14,18,25,33H,15-17H2,1-2H3,(H,32,36)(H,34,35). The fraction of sp³-hybridized carbons (Fsp3) is 0.286. The molecule has 36 heavy (non-hydrogen) atoms. The van der Waals surface area contributed by atoms with Gasteiger partial charge in [-0.2, -0.15) is 13.2 Å². The van der Waals surface area contributed by atoms with Crippen LogP contribution in [-0.2, 0) is 11.0 Å². The minimum absolute atomic E-state index is 0.0222. The fourth-order valence-corrected chi connectivity index (χ4v) is 3.81. The van der Waals surface area contributed by atoms with Gasteiger partial charge in [0.1, 0.15) is 0 Å². The van der Waals surface area contributed by atoms with Crippen molar-refractivity contribution in [2.75, 3.05) is 11.9 Å². The third-order valence-corrected chi connectivity index (χ3v) is 5.68. The Kier molecular flexibility index (Phi) is 8.74. The largest absolute Gasteiger partial charge is 0.481 e. The zero-order chi connectivity index (χ0) is 26.3. The molecule has 3 N–H and O–H groups in total. The fourth-order valence-electron chi connectivity index (χ4n) is 3.81. The lowest BCUT2D eigenvalue weighted by molar-refractivity contribution is -0.138. The highest BCUT2D eigenvalue weighted by Crippen LogP contribution is 2.32. The molecular formula is C28H29F3N2O3.